The number of benzene rings is 1. The number of aryl methyl sites for hydroxylation is 2. The lowest BCUT2D eigenvalue weighted by Crippen LogP contribution is -2.55. The molecule has 9 heteroatoms. The summed E-state index contributed by atoms with van der Waals surface area (Å²) in [4.78, 5) is 36.7. The predicted octanol–water partition coefficient (Wildman–Crippen LogP) is 1.63. The molecule has 2 heterocycles. The third kappa shape index (κ3) is 3.35. The zero-order chi connectivity index (χ0) is 19.8. The van der Waals surface area contributed by atoms with Gasteiger partial charge in [0.25, 0.3) is 17.4 Å². The molecule has 1 aromatic heterocycles. The van der Waals surface area contributed by atoms with Gasteiger partial charge in [0, 0.05) is 24.5 Å². The van der Waals surface area contributed by atoms with Crippen LogP contribution >= 0.6 is 0 Å². The van der Waals surface area contributed by atoms with E-state index < -0.39 is 17.5 Å². The molecule has 2 amide bonds. The Bertz CT molecular complexity index is 916. The molecule has 9 nitrogen and oxygen atoms in total. The van der Waals surface area contributed by atoms with Crippen LogP contribution < -0.4 is 15.4 Å². The van der Waals surface area contributed by atoms with Gasteiger partial charge >= 0.3 is 5.97 Å². The smallest absolute Gasteiger partial charge is 0.360 e. The van der Waals surface area contributed by atoms with Crippen LogP contribution in [0.15, 0.2) is 24.3 Å². The minimum atomic E-state index is -1.80. The molecule has 2 N–H and O–H groups in total. The van der Waals surface area contributed by atoms with Crippen LogP contribution in [0.3, 0.4) is 0 Å². The summed E-state index contributed by atoms with van der Waals surface area (Å²) < 4.78 is 12.2. The molecule has 1 aliphatic rings. The highest BCUT2D eigenvalue weighted by Gasteiger charge is 2.48. The number of fused-ring (bicyclic) bond motifs is 1. The molecule has 0 spiro atoms. The fraction of sp³-hybridized carbons (Fsp3) is 0.333. The van der Waals surface area contributed by atoms with Crippen LogP contribution in [0.5, 0.6) is 5.75 Å². The second kappa shape index (κ2) is 6.75. The van der Waals surface area contributed by atoms with Crippen LogP contribution in [-0.4, -0.2) is 39.8 Å². The molecule has 1 aliphatic heterocycles. The van der Waals surface area contributed by atoms with Gasteiger partial charge in [0.1, 0.15) is 5.75 Å². The first-order valence-corrected chi connectivity index (χ1v) is 8.38. The Labute approximate surface area is 155 Å². The molecule has 0 radical (unpaired) electrons. The molecule has 0 saturated heterocycles. The average Bonchev–Trinajstić information content (AvgIpc) is 2.95. The Morgan fingerprint density at radius 2 is 2.11 bits per heavy atom. The number of rotatable bonds is 4. The van der Waals surface area contributed by atoms with Gasteiger partial charge in [-0.25, -0.2) is 4.79 Å². The van der Waals surface area contributed by atoms with Gasteiger partial charge in [-0.3, -0.25) is 14.3 Å². The van der Waals surface area contributed by atoms with Gasteiger partial charge in [-0.15, -0.1) is 0 Å². The summed E-state index contributed by atoms with van der Waals surface area (Å²) in [6.45, 7) is 4.95. The van der Waals surface area contributed by atoms with Gasteiger partial charge in [0.2, 0.25) is 0 Å². The Kier molecular flexibility index (Phi) is 4.61. The van der Waals surface area contributed by atoms with Crippen molar-refractivity contribution in [3.63, 3.8) is 0 Å². The molecule has 2 aromatic rings. The minimum absolute atomic E-state index is 0.123. The first kappa shape index (κ1) is 18.4. The SMILES string of the molecule is CCOC(=O)[C@]1(C)Oc2cc(NC(=O)c3cc(C)n(C)n3)ccc2NC1=O. The summed E-state index contributed by atoms with van der Waals surface area (Å²) in [5, 5.41) is 9.46. The van der Waals surface area contributed by atoms with E-state index in [2.05, 4.69) is 15.7 Å². The van der Waals surface area contributed by atoms with E-state index in [9.17, 15) is 14.4 Å². The van der Waals surface area contributed by atoms with Crippen LogP contribution in [0, 0.1) is 6.92 Å². The van der Waals surface area contributed by atoms with Gasteiger partial charge in [0.15, 0.2) is 5.69 Å². The van der Waals surface area contributed by atoms with E-state index in [1.54, 1.807) is 36.9 Å². The lowest BCUT2D eigenvalue weighted by molar-refractivity contribution is -0.165. The summed E-state index contributed by atoms with van der Waals surface area (Å²) in [6.07, 6.45) is 0. The zero-order valence-electron chi connectivity index (χ0n) is 15.5. The topological polar surface area (TPSA) is 112 Å². The number of nitrogens with zero attached hydrogens (tertiary/aromatic N) is 2. The van der Waals surface area contributed by atoms with Crippen LogP contribution in [0.2, 0.25) is 0 Å². The maximum absolute atomic E-state index is 12.3. The number of ether oxygens (including phenoxy) is 2. The highest BCUT2D eigenvalue weighted by Crippen LogP contribution is 2.36. The number of hydrogen-bond donors (Lipinski definition) is 2. The number of anilines is 2. The fourth-order valence-corrected chi connectivity index (χ4v) is 2.57. The highest BCUT2D eigenvalue weighted by atomic mass is 16.6. The molecule has 1 aromatic carbocycles. The molecule has 0 unspecified atom stereocenters. The maximum atomic E-state index is 12.3. The lowest BCUT2D eigenvalue weighted by Gasteiger charge is -2.32. The van der Waals surface area contributed by atoms with Crippen molar-refractivity contribution in [2.75, 3.05) is 17.2 Å². The Morgan fingerprint density at radius 3 is 2.74 bits per heavy atom. The molecule has 3 rings (SSSR count). The van der Waals surface area contributed by atoms with Crippen molar-refractivity contribution in [2.45, 2.75) is 26.4 Å². The largest absolute Gasteiger partial charge is 0.464 e. The molecule has 0 bridgehead atoms. The van der Waals surface area contributed by atoms with Gasteiger partial charge in [-0.05, 0) is 39.0 Å². The van der Waals surface area contributed by atoms with Crippen molar-refractivity contribution in [1.82, 2.24) is 9.78 Å². The van der Waals surface area contributed by atoms with E-state index in [4.69, 9.17) is 9.47 Å². The Morgan fingerprint density at radius 1 is 1.37 bits per heavy atom. The molecule has 142 valence electrons. The molecule has 0 fully saturated rings. The molecule has 0 aliphatic carbocycles. The number of nitrogens with one attached hydrogen (secondary N) is 2. The summed E-state index contributed by atoms with van der Waals surface area (Å²) in [7, 11) is 1.75. The van der Waals surface area contributed by atoms with Crippen molar-refractivity contribution < 1.29 is 23.9 Å². The maximum Gasteiger partial charge on any atom is 0.360 e. The second-order valence-electron chi connectivity index (χ2n) is 6.27. The van der Waals surface area contributed by atoms with E-state index in [1.807, 2.05) is 6.92 Å². The third-order valence-electron chi connectivity index (χ3n) is 4.25. The normalized spacial score (nSPS) is 18.1. The minimum Gasteiger partial charge on any atom is -0.464 e. The first-order valence-electron chi connectivity index (χ1n) is 8.38. The number of carbonyl (C=O) groups excluding carboxylic acids is 3. The number of carbonyl (C=O) groups is 3. The summed E-state index contributed by atoms with van der Waals surface area (Å²) >= 11 is 0. The third-order valence-corrected chi connectivity index (χ3v) is 4.25. The summed E-state index contributed by atoms with van der Waals surface area (Å²) in [5.41, 5.74) is 0.155. The van der Waals surface area contributed by atoms with Crippen LogP contribution in [0.25, 0.3) is 0 Å². The van der Waals surface area contributed by atoms with Crippen molar-refractivity contribution >= 4 is 29.2 Å². The predicted molar refractivity (Wildman–Crippen MR) is 96.6 cm³/mol. The fourth-order valence-electron chi connectivity index (χ4n) is 2.57. The van der Waals surface area contributed by atoms with Crippen LogP contribution in [0.1, 0.15) is 30.0 Å². The Hall–Kier alpha value is -3.36. The van der Waals surface area contributed by atoms with Gasteiger partial charge in [-0.1, -0.05) is 0 Å². The van der Waals surface area contributed by atoms with E-state index in [0.29, 0.717) is 11.4 Å². The van der Waals surface area contributed by atoms with Crippen LogP contribution in [-0.2, 0) is 21.4 Å². The number of aromatic nitrogens is 2. The number of esters is 1. The highest BCUT2D eigenvalue weighted by molar-refractivity contribution is 6.14. The summed E-state index contributed by atoms with van der Waals surface area (Å²) in [6, 6.07) is 6.39. The Balaban J connectivity index is 1.83. The van der Waals surface area contributed by atoms with Gasteiger partial charge < -0.3 is 20.1 Å². The average molecular weight is 372 g/mol. The molecule has 1 atom stereocenters. The first-order chi connectivity index (χ1) is 12.7. The van der Waals surface area contributed by atoms with E-state index >= 15 is 0 Å². The van der Waals surface area contributed by atoms with E-state index in [-0.39, 0.29) is 24.0 Å². The van der Waals surface area contributed by atoms with Crippen molar-refractivity contribution in [1.29, 1.82) is 0 Å². The van der Waals surface area contributed by atoms with Crippen LogP contribution in [0.4, 0.5) is 11.4 Å². The number of amides is 2. The molecule has 0 saturated carbocycles. The second-order valence-corrected chi connectivity index (χ2v) is 6.27. The van der Waals surface area contributed by atoms with E-state index in [1.165, 1.54) is 13.0 Å². The molecular weight excluding hydrogens is 352 g/mol. The van der Waals surface area contributed by atoms with Crippen molar-refractivity contribution in [2.24, 2.45) is 7.05 Å². The van der Waals surface area contributed by atoms with Crippen molar-refractivity contribution in [3.05, 3.63) is 35.7 Å². The van der Waals surface area contributed by atoms with Gasteiger partial charge in [-0.2, -0.15) is 5.10 Å². The lowest BCUT2D eigenvalue weighted by atomic mass is 10.0. The van der Waals surface area contributed by atoms with Gasteiger partial charge in [0.05, 0.1) is 12.3 Å². The molecule has 27 heavy (non-hydrogen) atoms. The monoisotopic (exact) mass is 372 g/mol. The quantitative estimate of drug-likeness (QED) is 0.623. The zero-order valence-corrected chi connectivity index (χ0v) is 15.5. The summed E-state index contributed by atoms with van der Waals surface area (Å²) in [5.74, 6) is -1.53. The van der Waals surface area contributed by atoms with E-state index in [0.717, 1.165) is 5.69 Å². The molecular formula is C18H20N4O5. The standard InChI is InChI=1S/C18H20N4O5/c1-5-26-17(25)18(3)16(24)20-12-7-6-11(9-14(12)27-18)19-15(23)13-8-10(2)22(4)21-13/h6-9H,5H2,1-4H3,(H,19,23)(H,20,24)/t18-/m1/s1. The number of hydrogen-bond acceptors (Lipinski definition) is 6. The van der Waals surface area contributed by atoms with Crippen molar-refractivity contribution in [3.8, 4) is 5.75 Å².